The number of nitrogens with one attached hydrogen (secondary N) is 1. The fourth-order valence-corrected chi connectivity index (χ4v) is 2.48. The Balaban J connectivity index is 1.99. The number of aryl methyl sites for hydroxylation is 2. The van der Waals surface area contributed by atoms with Crippen molar-refractivity contribution < 1.29 is 4.74 Å². The second-order valence-corrected chi connectivity index (χ2v) is 5.53. The van der Waals surface area contributed by atoms with Crippen molar-refractivity contribution in [1.29, 1.82) is 0 Å². The SMILES string of the molecule is COCCCNc1nc(C)cn1Cc1csc(C)n1. The van der Waals surface area contributed by atoms with Gasteiger partial charge in [0.2, 0.25) is 5.95 Å². The monoisotopic (exact) mass is 280 g/mol. The van der Waals surface area contributed by atoms with Crippen LogP contribution in [0, 0.1) is 13.8 Å². The largest absolute Gasteiger partial charge is 0.385 e. The average molecular weight is 280 g/mol. The molecule has 0 aliphatic rings. The van der Waals surface area contributed by atoms with Gasteiger partial charge in [-0.25, -0.2) is 9.97 Å². The van der Waals surface area contributed by atoms with Crippen LogP contribution >= 0.6 is 11.3 Å². The van der Waals surface area contributed by atoms with E-state index in [4.69, 9.17) is 4.74 Å². The zero-order valence-electron chi connectivity index (χ0n) is 11.6. The zero-order valence-corrected chi connectivity index (χ0v) is 12.5. The van der Waals surface area contributed by atoms with E-state index in [1.807, 2.05) is 20.0 Å². The fraction of sp³-hybridized carbons (Fsp3) is 0.538. The number of hydrogen-bond donors (Lipinski definition) is 1. The quantitative estimate of drug-likeness (QED) is 0.792. The topological polar surface area (TPSA) is 52.0 Å². The van der Waals surface area contributed by atoms with Gasteiger partial charge in [-0.3, -0.25) is 0 Å². The summed E-state index contributed by atoms with van der Waals surface area (Å²) < 4.78 is 7.15. The minimum absolute atomic E-state index is 0.762. The Morgan fingerprint density at radius 3 is 2.89 bits per heavy atom. The molecule has 0 aromatic carbocycles. The number of imidazole rings is 1. The second-order valence-electron chi connectivity index (χ2n) is 4.46. The van der Waals surface area contributed by atoms with Gasteiger partial charge < -0.3 is 14.6 Å². The third-order valence-electron chi connectivity index (χ3n) is 2.70. The van der Waals surface area contributed by atoms with E-state index in [9.17, 15) is 0 Å². The lowest BCUT2D eigenvalue weighted by atomic mass is 10.4. The summed E-state index contributed by atoms with van der Waals surface area (Å²) in [5.74, 6) is 0.902. The Morgan fingerprint density at radius 2 is 2.21 bits per heavy atom. The van der Waals surface area contributed by atoms with Crippen molar-refractivity contribution in [3.8, 4) is 0 Å². The summed E-state index contributed by atoms with van der Waals surface area (Å²) in [5, 5.41) is 6.54. The Bertz CT molecular complexity index is 520. The molecule has 6 heteroatoms. The summed E-state index contributed by atoms with van der Waals surface area (Å²) in [6, 6.07) is 0. The molecule has 2 aromatic rings. The molecule has 0 aliphatic carbocycles. The molecule has 19 heavy (non-hydrogen) atoms. The van der Waals surface area contributed by atoms with E-state index in [2.05, 4.69) is 25.2 Å². The zero-order chi connectivity index (χ0) is 13.7. The number of methoxy groups -OCH3 is 1. The van der Waals surface area contributed by atoms with E-state index in [-0.39, 0.29) is 0 Å². The summed E-state index contributed by atoms with van der Waals surface area (Å²) in [4.78, 5) is 8.99. The molecule has 5 nitrogen and oxygen atoms in total. The third-order valence-corrected chi connectivity index (χ3v) is 3.53. The summed E-state index contributed by atoms with van der Waals surface area (Å²) >= 11 is 1.68. The summed E-state index contributed by atoms with van der Waals surface area (Å²) in [5.41, 5.74) is 2.10. The fourth-order valence-electron chi connectivity index (χ4n) is 1.88. The van der Waals surface area contributed by atoms with Crippen molar-refractivity contribution in [3.63, 3.8) is 0 Å². The highest BCUT2D eigenvalue weighted by Gasteiger charge is 2.07. The van der Waals surface area contributed by atoms with E-state index >= 15 is 0 Å². The van der Waals surface area contributed by atoms with Crippen molar-refractivity contribution in [3.05, 3.63) is 28.0 Å². The van der Waals surface area contributed by atoms with E-state index in [0.29, 0.717) is 0 Å². The standard InChI is InChI=1S/C13H20N4OS/c1-10-7-17(8-12-9-19-11(2)16-12)13(15-10)14-5-4-6-18-3/h7,9H,4-6,8H2,1-3H3,(H,14,15). The predicted molar refractivity (Wildman–Crippen MR) is 77.9 cm³/mol. The first-order valence-corrected chi connectivity index (χ1v) is 7.24. The molecule has 0 bridgehead atoms. The smallest absolute Gasteiger partial charge is 0.203 e. The summed E-state index contributed by atoms with van der Waals surface area (Å²) in [7, 11) is 1.72. The first-order valence-electron chi connectivity index (χ1n) is 6.36. The minimum atomic E-state index is 0.762. The Hall–Kier alpha value is -1.40. The molecule has 2 aromatic heterocycles. The molecular formula is C13H20N4OS. The van der Waals surface area contributed by atoms with Crippen molar-refractivity contribution >= 4 is 17.3 Å². The van der Waals surface area contributed by atoms with Crippen molar-refractivity contribution in [2.24, 2.45) is 0 Å². The van der Waals surface area contributed by atoms with Gasteiger partial charge in [0, 0.05) is 31.8 Å². The van der Waals surface area contributed by atoms with Gasteiger partial charge in [-0.2, -0.15) is 0 Å². The van der Waals surface area contributed by atoms with Crippen LogP contribution in [0.3, 0.4) is 0 Å². The number of hydrogen-bond acceptors (Lipinski definition) is 5. The predicted octanol–water partition coefficient (Wildman–Crippen LogP) is 2.45. The molecule has 0 fully saturated rings. The van der Waals surface area contributed by atoms with Crippen LogP contribution < -0.4 is 5.32 Å². The molecule has 0 aliphatic heterocycles. The molecular weight excluding hydrogens is 260 g/mol. The van der Waals surface area contributed by atoms with E-state index in [1.165, 1.54) is 0 Å². The van der Waals surface area contributed by atoms with Gasteiger partial charge in [0.15, 0.2) is 0 Å². The lowest BCUT2D eigenvalue weighted by molar-refractivity contribution is 0.197. The molecule has 0 spiro atoms. The third kappa shape index (κ3) is 4.04. The van der Waals surface area contributed by atoms with E-state index in [0.717, 1.165) is 48.5 Å². The maximum Gasteiger partial charge on any atom is 0.203 e. The molecule has 1 N–H and O–H groups in total. The van der Waals surface area contributed by atoms with Gasteiger partial charge >= 0.3 is 0 Å². The van der Waals surface area contributed by atoms with Crippen LogP contribution in [-0.4, -0.2) is 34.8 Å². The number of rotatable bonds is 7. The molecule has 0 saturated carbocycles. The lowest BCUT2D eigenvalue weighted by Gasteiger charge is -2.08. The van der Waals surface area contributed by atoms with Crippen LogP contribution in [0.4, 0.5) is 5.95 Å². The Kier molecular flexibility index (Phi) is 4.93. The summed E-state index contributed by atoms with van der Waals surface area (Å²) in [6.07, 6.45) is 3.02. The van der Waals surface area contributed by atoms with Gasteiger partial charge in [0.25, 0.3) is 0 Å². The van der Waals surface area contributed by atoms with Crippen LogP contribution in [0.5, 0.6) is 0 Å². The molecule has 0 atom stereocenters. The van der Waals surface area contributed by atoms with E-state index in [1.54, 1.807) is 18.4 Å². The maximum atomic E-state index is 5.04. The van der Waals surface area contributed by atoms with Gasteiger partial charge in [-0.15, -0.1) is 11.3 Å². The van der Waals surface area contributed by atoms with Crippen molar-refractivity contribution in [2.75, 3.05) is 25.6 Å². The van der Waals surface area contributed by atoms with Crippen LogP contribution in [0.2, 0.25) is 0 Å². The van der Waals surface area contributed by atoms with Gasteiger partial charge in [0.05, 0.1) is 22.9 Å². The average Bonchev–Trinajstić information content (AvgIpc) is 2.92. The number of nitrogens with zero attached hydrogens (tertiary/aromatic N) is 3. The molecule has 2 rings (SSSR count). The van der Waals surface area contributed by atoms with Crippen molar-refractivity contribution in [2.45, 2.75) is 26.8 Å². The number of thiazole rings is 1. The molecule has 0 saturated heterocycles. The maximum absolute atomic E-state index is 5.04. The number of ether oxygens (including phenoxy) is 1. The van der Waals surface area contributed by atoms with Crippen LogP contribution in [-0.2, 0) is 11.3 Å². The first-order chi connectivity index (χ1) is 9.19. The second kappa shape index (κ2) is 6.68. The molecule has 104 valence electrons. The molecule has 0 radical (unpaired) electrons. The molecule has 0 amide bonds. The van der Waals surface area contributed by atoms with Crippen molar-refractivity contribution in [1.82, 2.24) is 14.5 Å². The normalized spacial score (nSPS) is 10.9. The summed E-state index contributed by atoms with van der Waals surface area (Å²) in [6.45, 7) is 6.41. The van der Waals surface area contributed by atoms with Gasteiger partial charge in [-0.05, 0) is 20.3 Å². The number of aromatic nitrogens is 3. The minimum Gasteiger partial charge on any atom is -0.385 e. The Labute approximate surface area is 117 Å². The highest BCUT2D eigenvalue weighted by atomic mass is 32.1. The highest BCUT2D eigenvalue weighted by molar-refractivity contribution is 7.09. The van der Waals surface area contributed by atoms with Gasteiger partial charge in [0.1, 0.15) is 0 Å². The van der Waals surface area contributed by atoms with Crippen LogP contribution in [0.1, 0.15) is 22.8 Å². The molecule has 2 heterocycles. The van der Waals surface area contributed by atoms with Crippen LogP contribution in [0.15, 0.2) is 11.6 Å². The highest BCUT2D eigenvalue weighted by Crippen LogP contribution is 2.14. The first kappa shape index (κ1) is 14.0. The van der Waals surface area contributed by atoms with Gasteiger partial charge in [-0.1, -0.05) is 0 Å². The van der Waals surface area contributed by atoms with Crippen LogP contribution in [0.25, 0.3) is 0 Å². The lowest BCUT2D eigenvalue weighted by Crippen LogP contribution is -2.11. The Morgan fingerprint density at radius 1 is 1.37 bits per heavy atom. The molecule has 0 unspecified atom stereocenters. The van der Waals surface area contributed by atoms with E-state index < -0.39 is 0 Å². The number of anilines is 1.